The van der Waals surface area contributed by atoms with Gasteiger partial charge in [0.1, 0.15) is 0 Å². The van der Waals surface area contributed by atoms with Crippen LogP contribution >= 0.6 is 0 Å². The Hall–Kier alpha value is -1.40. The van der Waals surface area contributed by atoms with Gasteiger partial charge in [0.2, 0.25) is 15.9 Å². The summed E-state index contributed by atoms with van der Waals surface area (Å²) in [5.41, 5.74) is 2.05. The van der Waals surface area contributed by atoms with Gasteiger partial charge in [0.15, 0.2) is 0 Å². The van der Waals surface area contributed by atoms with E-state index in [1.807, 2.05) is 24.8 Å². The van der Waals surface area contributed by atoms with E-state index in [-0.39, 0.29) is 11.8 Å². The van der Waals surface area contributed by atoms with E-state index in [4.69, 9.17) is 0 Å². The zero-order valence-electron chi connectivity index (χ0n) is 16.1. The number of rotatable bonds is 3. The van der Waals surface area contributed by atoms with Crippen LogP contribution in [-0.2, 0) is 14.8 Å². The summed E-state index contributed by atoms with van der Waals surface area (Å²) in [6, 6.07) is 5.26. The Morgan fingerprint density at radius 1 is 1.04 bits per heavy atom. The fraction of sp³-hybridized carbons (Fsp3) is 0.650. The van der Waals surface area contributed by atoms with Crippen LogP contribution in [0.4, 0.5) is 0 Å². The molecule has 2 aliphatic rings. The second-order valence-electron chi connectivity index (χ2n) is 7.96. The lowest BCUT2D eigenvalue weighted by Gasteiger charge is -2.37. The summed E-state index contributed by atoms with van der Waals surface area (Å²) < 4.78 is 27.6. The van der Waals surface area contributed by atoms with Crippen molar-refractivity contribution in [1.29, 1.82) is 0 Å². The zero-order chi connectivity index (χ0) is 18.9. The van der Waals surface area contributed by atoms with E-state index in [0.29, 0.717) is 23.9 Å². The Balaban J connectivity index is 1.73. The van der Waals surface area contributed by atoms with Gasteiger partial charge in [-0.05, 0) is 68.7 Å². The smallest absolute Gasteiger partial charge is 0.243 e. The molecule has 0 spiro atoms. The molecule has 0 radical (unpaired) electrons. The van der Waals surface area contributed by atoms with Crippen LogP contribution in [0.15, 0.2) is 23.1 Å². The maximum Gasteiger partial charge on any atom is 0.243 e. The van der Waals surface area contributed by atoms with Gasteiger partial charge in [-0.25, -0.2) is 8.42 Å². The quantitative estimate of drug-likeness (QED) is 0.812. The predicted octanol–water partition coefficient (Wildman–Crippen LogP) is 2.96. The molecule has 0 aromatic heterocycles. The number of aryl methyl sites for hydroxylation is 2. The molecule has 2 heterocycles. The molecular weight excluding hydrogens is 348 g/mol. The van der Waals surface area contributed by atoms with Crippen LogP contribution in [0.2, 0.25) is 0 Å². The van der Waals surface area contributed by atoms with Crippen molar-refractivity contribution in [2.45, 2.75) is 51.3 Å². The molecule has 2 saturated heterocycles. The third kappa shape index (κ3) is 3.96. The van der Waals surface area contributed by atoms with Gasteiger partial charge in [-0.1, -0.05) is 13.0 Å². The van der Waals surface area contributed by atoms with Crippen molar-refractivity contribution >= 4 is 15.9 Å². The third-order valence-corrected chi connectivity index (χ3v) is 7.81. The molecule has 2 fully saturated rings. The number of carbonyl (C=O) groups is 1. The van der Waals surface area contributed by atoms with Crippen molar-refractivity contribution in [3.8, 4) is 0 Å². The predicted molar refractivity (Wildman–Crippen MR) is 102 cm³/mol. The number of likely N-dealkylation sites (tertiary alicyclic amines) is 1. The average Bonchev–Trinajstić information content (AvgIpc) is 2.64. The van der Waals surface area contributed by atoms with Gasteiger partial charge in [-0.3, -0.25) is 4.79 Å². The Labute approximate surface area is 157 Å². The van der Waals surface area contributed by atoms with Crippen LogP contribution in [0.5, 0.6) is 0 Å². The van der Waals surface area contributed by atoms with E-state index >= 15 is 0 Å². The molecule has 5 nitrogen and oxygen atoms in total. The number of benzene rings is 1. The zero-order valence-corrected chi connectivity index (χ0v) is 16.9. The van der Waals surface area contributed by atoms with Crippen molar-refractivity contribution in [2.75, 3.05) is 26.2 Å². The van der Waals surface area contributed by atoms with E-state index < -0.39 is 10.0 Å². The van der Waals surface area contributed by atoms with Crippen LogP contribution in [-0.4, -0.2) is 49.7 Å². The minimum absolute atomic E-state index is 0.136. The minimum atomic E-state index is -3.54. The normalized spacial score (nSPS) is 23.2. The van der Waals surface area contributed by atoms with E-state index in [9.17, 15) is 13.2 Å². The summed E-state index contributed by atoms with van der Waals surface area (Å²) in [6.45, 7) is 8.53. The molecule has 1 aromatic rings. The lowest BCUT2D eigenvalue weighted by Crippen LogP contribution is -2.48. The van der Waals surface area contributed by atoms with Gasteiger partial charge in [-0.2, -0.15) is 4.31 Å². The van der Waals surface area contributed by atoms with Gasteiger partial charge < -0.3 is 4.90 Å². The molecule has 1 atom stereocenters. The van der Waals surface area contributed by atoms with Crippen LogP contribution in [0.1, 0.15) is 43.7 Å². The first-order valence-electron chi connectivity index (χ1n) is 9.65. The molecule has 1 unspecified atom stereocenters. The van der Waals surface area contributed by atoms with E-state index in [2.05, 4.69) is 6.92 Å². The van der Waals surface area contributed by atoms with Crippen LogP contribution in [0, 0.1) is 25.7 Å². The summed E-state index contributed by atoms with van der Waals surface area (Å²) in [7, 11) is -3.54. The van der Waals surface area contributed by atoms with Crippen molar-refractivity contribution in [3.63, 3.8) is 0 Å². The largest absolute Gasteiger partial charge is 0.342 e. The third-order valence-electron chi connectivity index (χ3n) is 5.94. The van der Waals surface area contributed by atoms with Gasteiger partial charge in [0, 0.05) is 26.2 Å². The molecule has 144 valence electrons. The molecule has 2 aliphatic heterocycles. The molecule has 6 heteroatoms. The first kappa shape index (κ1) is 19.4. The summed E-state index contributed by atoms with van der Waals surface area (Å²) >= 11 is 0. The van der Waals surface area contributed by atoms with Gasteiger partial charge in [-0.15, -0.1) is 0 Å². The van der Waals surface area contributed by atoms with Gasteiger partial charge in [0.05, 0.1) is 10.8 Å². The van der Waals surface area contributed by atoms with Crippen molar-refractivity contribution < 1.29 is 13.2 Å². The highest BCUT2D eigenvalue weighted by molar-refractivity contribution is 7.89. The van der Waals surface area contributed by atoms with E-state index in [1.165, 1.54) is 4.31 Å². The number of hydrogen-bond acceptors (Lipinski definition) is 3. The second-order valence-corrected chi connectivity index (χ2v) is 9.89. The fourth-order valence-corrected chi connectivity index (χ4v) is 5.48. The van der Waals surface area contributed by atoms with Crippen molar-refractivity contribution in [2.24, 2.45) is 11.8 Å². The summed E-state index contributed by atoms with van der Waals surface area (Å²) in [5.74, 6) is 0.599. The molecule has 0 bridgehead atoms. The standard InChI is InChI=1S/C20H30N2O3S/c1-15-8-11-21(12-9-15)20(23)18-5-4-10-22(14-18)26(24,25)19-7-6-16(2)17(3)13-19/h6-7,13,15,18H,4-5,8-12,14H2,1-3H3. The lowest BCUT2D eigenvalue weighted by molar-refractivity contribution is -0.138. The average molecular weight is 379 g/mol. The number of carbonyl (C=O) groups excluding carboxylic acids is 1. The molecule has 0 N–H and O–H groups in total. The van der Waals surface area contributed by atoms with Crippen molar-refractivity contribution in [3.05, 3.63) is 29.3 Å². The first-order chi connectivity index (χ1) is 12.3. The van der Waals surface area contributed by atoms with Crippen LogP contribution < -0.4 is 0 Å². The highest BCUT2D eigenvalue weighted by atomic mass is 32.2. The minimum Gasteiger partial charge on any atom is -0.342 e. The SMILES string of the molecule is Cc1ccc(S(=O)(=O)N2CCCC(C(=O)N3CCC(C)CC3)C2)cc1C. The maximum absolute atomic E-state index is 13.0. The molecule has 26 heavy (non-hydrogen) atoms. The highest BCUT2D eigenvalue weighted by Gasteiger charge is 2.35. The number of piperidine rings is 2. The van der Waals surface area contributed by atoms with Gasteiger partial charge >= 0.3 is 0 Å². The number of amides is 1. The Bertz CT molecular complexity index is 767. The monoisotopic (exact) mass is 378 g/mol. The molecule has 3 rings (SSSR count). The van der Waals surface area contributed by atoms with Crippen LogP contribution in [0.25, 0.3) is 0 Å². The number of sulfonamides is 1. The van der Waals surface area contributed by atoms with E-state index in [1.54, 1.807) is 12.1 Å². The fourth-order valence-electron chi connectivity index (χ4n) is 3.87. The molecule has 1 amide bonds. The Morgan fingerprint density at radius 3 is 2.38 bits per heavy atom. The maximum atomic E-state index is 13.0. The Kier molecular flexibility index (Phi) is 5.72. The number of hydrogen-bond donors (Lipinski definition) is 0. The highest BCUT2D eigenvalue weighted by Crippen LogP contribution is 2.27. The molecule has 0 aliphatic carbocycles. The molecule has 1 aromatic carbocycles. The van der Waals surface area contributed by atoms with Crippen molar-refractivity contribution in [1.82, 2.24) is 9.21 Å². The van der Waals surface area contributed by atoms with Gasteiger partial charge in [0.25, 0.3) is 0 Å². The van der Waals surface area contributed by atoms with Crippen LogP contribution in [0.3, 0.4) is 0 Å². The topological polar surface area (TPSA) is 57.7 Å². The summed E-state index contributed by atoms with van der Waals surface area (Å²) in [4.78, 5) is 15.1. The summed E-state index contributed by atoms with van der Waals surface area (Å²) in [6.07, 6.45) is 3.61. The lowest BCUT2D eigenvalue weighted by atomic mass is 9.94. The Morgan fingerprint density at radius 2 is 1.73 bits per heavy atom. The second kappa shape index (κ2) is 7.69. The molecular formula is C20H30N2O3S. The number of nitrogens with zero attached hydrogens (tertiary/aromatic N) is 2. The molecule has 0 saturated carbocycles. The van der Waals surface area contributed by atoms with E-state index in [0.717, 1.165) is 49.9 Å². The summed E-state index contributed by atoms with van der Waals surface area (Å²) in [5, 5.41) is 0. The first-order valence-corrected chi connectivity index (χ1v) is 11.1.